The fraction of sp³-hybridized carbons (Fsp3) is 1.00. The third-order valence-electron chi connectivity index (χ3n) is 1.22. The molecule has 0 spiro atoms. The summed E-state index contributed by atoms with van der Waals surface area (Å²) in [6, 6.07) is 1.39. The quantitative estimate of drug-likeness (QED) is 0.412. The van der Waals surface area contributed by atoms with Crippen molar-refractivity contribution in [1.82, 2.24) is 4.98 Å². The van der Waals surface area contributed by atoms with Crippen LogP contribution in [0, 0.1) is 5.92 Å². The molecular formula is C6H18N2Si. The summed E-state index contributed by atoms with van der Waals surface area (Å²) in [6.07, 6.45) is 0. The molecule has 0 aromatic rings. The van der Waals surface area contributed by atoms with E-state index in [2.05, 4.69) is 18.8 Å². The van der Waals surface area contributed by atoms with E-state index < -0.39 is 0 Å². The van der Waals surface area contributed by atoms with E-state index >= 15 is 0 Å². The molecule has 0 atom stereocenters. The molecule has 3 N–H and O–H groups in total. The summed E-state index contributed by atoms with van der Waals surface area (Å²) in [6.45, 7) is 6.32. The zero-order valence-electron chi connectivity index (χ0n) is 6.48. The summed E-state index contributed by atoms with van der Waals surface area (Å²) >= 11 is 0. The van der Waals surface area contributed by atoms with Crippen LogP contribution in [-0.2, 0) is 0 Å². The van der Waals surface area contributed by atoms with Crippen molar-refractivity contribution in [3.63, 3.8) is 0 Å². The van der Waals surface area contributed by atoms with Crippen LogP contribution < -0.4 is 10.7 Å². The minimum absolute atomic E-state index is 0.0228. The van der Waals surface area contributed by atoms with E-state index in [-0.39, 0.29) is 9.68 Å². The Bertz CT molecular complexity index is 57.0. The highest BCUT2D eigenvalue weighted by Crippen LogP contribution is 1.95. The van der Waals surface area contributed by atoms with E-state index in [0.717, 1.165) is 19.0 Å². The van der Waals surface area contributed by atoms with Gasteiger partial charge in [-0.15, -0.1) is 0 Å². The first-order valence-electron chi connectivity index (χ1n) is 3.68. The number of nitrogens with two attached hydrogens (primary N) is 1. The lowest BCUT2D eigenvalue weighted by Crippen LogP contribution is -2.26. The van der Waals surface area contributed by atoms with Crippen molar-refractivity contribution in [2.24, 2.45) is 11.7 Å². The zero-order valence-corrected chi connectivity index (χ0v) is 7.90. The Hall–Kier alpha value is 0.137. The number of hydrogen-bond donors (Lipinski definition) is 2. The summed E-state index contributed by atoms with van der Waals surface area (Å²) in [7, 11) is 0.0228. The molecule has 9 heavy (non-hydrogen) atoms. The predicted octanol–water partition coefficient (Wildman–Crippen LogP) is -0.307. The second-order valence-corrected chi connectivity index (χ2v) is 4.30. The Kier molecular flexibility index (Phi) is 6.35. The van der Waals surface area contributed by atoms with Gasteiger partial charge in [0.25, 0.3) is 0 Å². The van der Waals surface area contributed by atoms with Crippen LogP contribution in [0.5, 0.6) is 0 Å². The minimum Gasteiger partial charge on any atom is -0.341 e. The SMILES string of the molecule is CC(C)C[SiH2]NCCN. The third kappa shape index (κ3) is 8.14. The molecule has 0 bridgehead atoms. The molecule has 0 aromatic heterocycles. The summed E-state index contributed by atoms with van der Waals surface area (Å²) in [5, 5.41) is 0. The number of rotatable bonds is 5. The predicted molar refractivity (Wildman–Crippen MR) is 45.2 cm³/mol. The van der Waals surface area contributed by atoms with Crippen LogP contribution in [0.3, 0.4) is 0 Å². The highest BCUT2D eigenvalue weighted by Gasteiger charge is 1.91. The maximum absolute atomic E-state index is 5.31. The Labute approximate surface area is 60.1 Å². The van der Waals surface area contributed by atoms with Gasteiger partial charge in [0.1, 0.15) is 0 Å². The van der Waals surface area contributed by atoms with Crippen LogP contribution >= 0.6 is 0 Å². The molecule has 0 heterocycles. The maximum Gasteiger partial charge on any atom is 0.0919 e. The van der Waals surface area contributed by atoms with Crippen molar-refractivity contribution >= 4 is 9.68 Å². The van der Waals surface area contributed by atoms with Gasteiger partial charge in [0, 0.05) is 13.1 Å². The second kappa shape index (κ2) is 6.26. The fourth-order valence-electron chi connectivity index (χ4n) is 0.618. The Morgan fingerprint density at radius 1 is 1.56 bits per heavy atom. The van der Waals surface area contributed by atoms with Crippen molar-refractivity contribution in [2.75, 3.05) is 13.1 Å². The van der Waals surface area contributed by atoms with Gasteiger partial charge in [0.05, 0.1) is 9.68 Å². The molecule has 0 aliphatic rings. The number of hydrogen-bond acceptors (Lipinski definition) is 2. The second-order valence-electron chi connectivity index (χ2n) is 2.72. The van der Waals surface area contributed by atoms with Gasteiger partial charge in [-0.3, -0.25) is 0 Å². The van der Waals surface area contributed by atoms with E-state index in [1.807, 2.05) is 0 Å². The smallest absolute Gasteiger partial charge is 0.0919 e. The van der Waals surface area contributed by atoms with Crippen LogP contribution in [0.1, 0.15) is 13.8 Å². The molecule has 0 amide bonds. The molecule has 3 heteroatoms. The summed E-state index contributed by atoms with van der Waals surface area (Å²) in [4.78, 5) is 3.38. The van der Waals surface area contributed by atoms with E-state index in [0.29, 0.717) is 0 Å². The van der Waals surface area contributed by atoms with E-state index in [4.69, 9.17) is 5.73 Å². The molecule has 0 radical (unpaired) electrons. The van der Waals surface area contributed by atoms with Crippen molar-refractivity contribution in [1.29, 1.82) is 0 Å². The van der Waals surface area contributed by atoms with Crippen LogP contribution in [0.25, 0.3) is 0 Å². The Morgan fingerprint density at radius 2 is 2.22 bits per heavy atom. The van der Waals surface area contributed by atoms with Crippen LogP contribution in [0.2, 0.25) is 6.04 Å². The third-order valence-corrected chi connectivity index (χ3v) is 3.37. The largest absolute Gasteiger partial charge is 0.341 e. The lowest BCUT2D eigenvalue weighted by atomic mass is 10.3. The van der Waals surface area contributed by atoms with Gasteiger partial charge >= 0.3 is 0 Å². The van der Waals surface area contributed by atoms with Crippen molar-refractivity contribution < 1.29 is 0 Å². The van der Waals surface area contributed by atoms with Gasteiger partial charge in [-0.25, -0.2) is 0 Å². The van der Waals surface area contributed by atoms with Gasteiger partial charge in [0.15, 0.2) is 0 Å². The molecule has 0 aromatic carbocycles. The normalized spacial score (nSPS) is 12.0. The summed E-state index contributed by atoms with van der Waals surface area (Å²) in [5.74, 6) is 0.863. The van der Waals surface area contributed by atoms with E-state index in [1.165, 1.54) is 6.04 Å². The molecule has 0 saturated heterocycles. The lowest BCUT2D eigenvalue weighted by molar-refractivity contribution is 0.721. The molecule has 0 unspecified atom stereocenters. The molecule has 0 aliphatic carbocycles. The summed E-state index contributed by atoms with van der Waals surface area (Å²) in [5.41, 5.74) is 5.31. The Balaban J connectivity index is 2.75. The fourth-order valence-corrected chi connectivity index (χ4v) is 1.85. The summed E-state index contributed by atoms with van der Waals surface area (Å²) < 4.78 is 0. The first-order valence-corrected chi connectivity index (χ1v) is 5.39. The maximum atomic E-state index is 5.31. The molecule has 0 aliphatic heterocycles. The highest BCUT2D eigenvalue weighted by molar-refractivity contribution is 6.32. The van der Waals surface area contributed by atoms with Crippen LogP contribution in [0.4, 0.5) is 0 Å². The molecular weight excluding hydrogens is 128 g/mol. The highest BCUT2D eigenvalue weighted by atomic mass is 28.2. The molecule has 0 rings (SSSR count). The van der Waals surface area contributed by atoms with Gasteiger partial charge in [-0.1, -0.05) is 13.8 Å². The van der Waals surface area contributed by atoms with E-state index in [9.17, 15) is 0 Å². The number of nitrogens with one attached hydrogen (secondary N) is 1. The molecule has 0 saturated carbocycles. The Morgan fingerprint density at radius 3 is 2.67 bits per heavy atom. The van der Waals surface area contributed by atoms with Crippen molar-refractivity contribution in [3.8, 4) is 0 Å². The average molecular weight is 146 g/mol. The minimum atomic E-state index is 0.0228. The molecule has 0 fully saturated rings. The van der Waals surface area contributed by atoms with Gasteiger partial charge in [0.2, 0.25) is 0 Å². The van der Waals surface area contributed by atoms with Crippen molar-refractivity contribution in [3.05, 3.63) is 0 Å². The zero-order chi connectivity index (χ0) is 7.11. The molecule has 56 valence electrons. The lowest BCUT2D eigenvalue weighted by Gasteiger charge is -2.03. The van der Waals surface area contributed by atoms with Gasteiger partial charge in [-0.2, -0.15) is 0 Å². The van der Waals surface area contributed by atoms with Crippen LogP contribution in [0.15, 0.2) is 0 Å². The van der Waals surface area contributed by atoms with Gasteiger partial charge < -0.3 is 10.7 Å². The van der Waals surface area contributed by atoms with Gasteiger partial charge in [-0.05, 0) is 12.0 Å². The first-order chi connectivity index (χ1) is 4.27. The topological polar surface area (TPSA) is 38.0 Å². The van der Waals surface area contributed by atoms with Crippen molar-refractivity contribution in [2.45, 2.75) is 19.9 Å². The monoisotopic (exact) mass is 146 g/mol. The average Bonchev–Trinajstić information content (AvgIpc) is 1.80. The first kappa shape index (κ1) is 9.14. The molecule has 2 nitrogen and oxygen atoms in total. The van der Waals surface area contributed by atoms with E-state index in [1.54, 1.807) is 0 Å². The standard InChI is InChI=1S/C6H18N2Si/c1-6(2)5-9-8-4-3-7/h6,8H,3-5,7,9H2,1-2H3. The van der Waals surface area contributed by atoms with Crippen LogP contribution in [-0.4, -0.2) is 22.8 Å².